The smallest absolute Gasteiger partial charge is 0.217 e. The van der Waals surface area contributed by atoms with Crippen LogP contribution in [-0.2, 0) is 0 Å². The molecule has 0 saturated heterocycles. The zero-order valence-corrected chi connectivity index (χ0v) is 40.0. The summed E-state index contributed by atoms with van der Waals surface area (Å²) in [6, 6.07) is 78.8. The topological polar surface area (TPSA) is 155 Å². The summed E-state index contributed by atoms with van der Waals surface area (Å²) in [6.45, 7) is 0. The van der Waals surface area contributed by atoms with Gasteiger partial charge in [-0.1, -0.05) is 243 Å². The fraction of sp³-hybridized carbons (Fsp3) is 0. The normalized spacial score (nSPS) is 11.3. The molecule has 4 heterocycles. The van der Waals surface area contributed by atoms with Crippen molar-refractivity contribution in [2.24, 2.45) is 0 Å². The largest absolute Gasteiger partial charge is 0.354 e. The van der Waals surface area contributed by atoms with Crippen molar-refractivity contribution in [3.63, 3.8) is 0 Å². The lowest BCUT2D eigenvalue weighted by Gasteiger charge is -2.28. The first kappa shape index (κ1) is 44.2. The molecule has 344 valence electrons. The Morgan fingerprint density at radius 3 is 0.397 bits per heavy atom. The number of nitrogens with zero attached hydrogens (tertiary/aromatic N) is 12. The van der Waals surface area contributed by atoms with Gasteiger partial charge in [-0.2, -0.15) is 0 Å². The van der Waals surface area contributed by atoms with Crippen molar-refractivity contribution < 1.29 is 0 Å². The van der Waals surface area contributed by atoms with Crippen molar-refractivity contribution in [3.05, 3.63) is 243 Å². The van der Waals surface area contributed by atoms with Crippen molar-refractivity contribution in [1.29, 1.82) is 0 Å². The Kier molecular flexibility index (Phi) is 12.0. The molecule has 12 aromatic rings. The first-order valence-corrected chi connectivity index (χ1v) is 25.7. The van der Waals surface area contributed by atoms with Gasteiger partial charge in [0.25, 0.3) is 0 Å². The molecule has 0 atom stereocenters. The first-order chi connectivity index (χ1) is 36.2. The van der Waals surface area contributed by atoms with Crippen LogP contribution in [-0.4, -0.2) is 67.9 Å². The summed E-state index contributed by atoms with van der Waals surface area (Å²) in [5.74, 6) is 3.25. The maximum atomic E-state index is 5.58. The van der Waals surface area contributed by atoms with Gasteiger partial charge in [0.05, 0.1) is 0 Å². The van der Waals surface area contributed by atoms with E-state index in [-0.39, 0.29) is 21.8 Å². The van der Waals surface area contributed by atoms with Crippen LogP contribution in [0.2, 0.25) is 0 Å². The average Bonchev–Trinajstić information content (AvgIpc) is 3.49. The average molecular weight is 957 g/mol. The summed E-state index contributed by atoms with van der Waals surface area (Å²) >= 11 is 0. The molecule has 12 rings (SSSR count). The second kappa shape index (κ2) is 19.8. The standard InChI is InChI=1S/C60H40N12Si/c1-9-25-41(26-10-1)49-61-50(42-27-11-2-12-28-42)66-57(65-49)73(58-67-51(43-29-13-3-14-30-43)62-52(68-58)44-31-15-4-16-32-44,59-69-53(45-33-17-5-18-34-45)63-54(70-59)46-35-19-6-20-36-46)60-71-55(47-37-21-7-22-38-47)64-56(72-60)48-39-23-8-24-40-48/h1-40H. The molecule has 0 N–H and O–H groups in total. The molecule has 0 aliphatic heterocycles. The third-order valence-electron chi connectivity index (χ3n) is 12.1. The number of benzene rings is 8. The molecule has 0 radical (unpaired) electrons. The first-order valence-electron chi connectivity index (χ1n) is 23.7. The Morgan fingerprint density at radius 2 is 0.274 bits per heavy atom. The molecule has 0 aliphatic rings. The van der Waals surface area contributed by atoms with Crippen molar-refractivity contribution in [2.45, 2.75) is 0 Å². The highest BCUT2D eigenvalue weighted by Crippen LogP contribution is 2.26. The molecule has 8 aromatic carbocycles. The van der Waals surface area contributed by atoms with Gasteiger partial charge in [0.2, 0.25) is 0 Å². The van der Waals surface area contributed by atoms with Crippen LogP contribution in [0.15, 0.2) is 243 Å². The van der Waals surface area contributed by atoms with E-state index in [9.17, 15) is 0 Å². The van der Waals surface area contributed by atoms with E-state index in [0.29, 0.717) is 46.6 Å². The third-order valence-corrected chi connectivity index (χ3v) is 15.7. The van der Waals surface area contributed by atoms with E-state index in [2.05, 4.69) is 0 Å². The number of aromatic nitrogens is 12. The van der Waals surface area contributed by atoms with Crippen molar-refractivity contribution in [1.82, 2.24) is 59.8 Å². The Labute approximate surface area is 421 Å². The number of hydrogen-bond acceptors (Lipinski definition) is 12. The molecule has 0 spiro atoms. The monoisotopic (exact) mass is 956 g/mol. The Balaban J connectivity index is 1.32. The van der Waals surface area contributed by atoms with Crippen LogP contribution in [0.4, 0.5) is 0 Å². The van der Waals surface area contributed by atoms with Crippen molar-refractivity contribution in [3.8, 4) is 91.1 Å². The van der Waals surface area contributed by atoms with Gasteiger partial charge in [0, 0.05) is 44.5 Å². The van der Waals surface area contributed by atoms with E-state index in [1.54, 1.807) is 0 Å². The van der Waals surface area contributed by atoms with Gasteiger partial charge in [-0.15, -0.1) is 0 Å². The third kappa shape index (κ3) is 8.95. The van der Waals surface area contributed by atoms with E-state index in [0.717, 1.165) is 44.5 Å². The second-order valence-electron chi connectivity index (χ2n) is 16.9. The lowest BCUT2D eigenvalue weighted by Crippen LogP contribution is -2.81. The van der Waals surface area contributed by atoms with Crippen LogP contribution in [0.5, 0.6) is 0 Å². The number of rotatable bonds is 12. The molecule has 0 saturated carbocycles. The highest BCUT2D eigenvalue weighted by atomic mass is 28.3. The molecular weight excluding hydrogens is 917 g/mol. The summed E-state index contributed by atoms with van der Waals surface area (Å²) in [5.41, 5.74) is 7.16. The van der Waals surface area contributed by atoms with E-state index in [4.69, 9.17) is 59.8 Å². The lowest BCUT2D eigenvalue weighted by molar-refractivity contribution is 1.05. The fourth-order valence-electron chi connectivity index (χ4n) is 8.51. The van der Waals surface area contributed by atoms with Gasteiger partial charge in [-0.3, -0.25) is 0 Å². The van der Waals surface area contributed by atoms with Gasteiger partial charge in [-0.05, 0) is 0 Å². The van der Waals surface area contributed by atoms with Gasteiger partial charge < -0.3 is 0 Å². The second-order valence-corrected chi connectivity index (χ2v) is 20.2. The van der Waals surface area contributed by atoms with Crippen LogP contribution >= 0.6 is 0 Å². The zero-order chi connectivity index (χ0) is 48.8. The molecule has 0 unspecified atom stereocenters. The molecule has 0 bridgehead atoms. The summed E-state index contributed by atoms with van der Waals surface area (Å²) in [7, 11) is -4.66. The zero-order valence-electron chi connectivity index (χ0n) is 39.0. The van der Waals surface area contributed by atoms with E-state index in [1.807, 2.05) is 243 Å². The predicted octanol–water partition coefficient (Wildman–Crippen LogP) is 9.14. The van der Waals surface area contributed by atoms with Gasteiger partial charge in [0.15, 0.2) is 46.6 Å². The molecule has 73 heavy (non-hydrogen) atoms. The van der Waals surface area contributed by atoms with Crippen LogP contribution in [0.1, 0.15) is 0 Å². The molecule has 12 nitrogen and oxygen atoms in total. The van der Waals surface area contributed by atoms with Crippen LogP contribution in [0.25, 0.3) is 91.1 Å². The van der Waals surface area contributed by atoms with Crippen LogP contribution < -0.4 is 21.8 Å². The Hall–Kier alpha value is -9.98. The lowest BCUT2D eigenvalue weighted by atomic mass is 10.2. The van der Waals surface area contributed by atoms with Crippen LogP contribution in [0, 0.1) is 0 Å². The molecule has 0 fully saturated rings. The molecule has 4 aromatic heterocycles. The molecule has 0 amide bonds. The summed E-state index contributed by atoms with van der Waals surface area (Å²) < 4.78 is 0. The minimum Gasteiger partial charge on any atom is -0.217 e. The van der Waals surface area contributed by atoms with Gasteiger partial charge in [-0.25, -0.2) is 59.8 Å². The highest BCUT2D eigenvalue weighted by molar-refractivity contribution is 7.17. The minimum absolute atomic E-state index is 0.276. The molecular formula is C60H40N12Si. The predicted molar refractivity (Wildman–Crippen MR) is 287 cm³/mol. The SMILES string of the molecule is c1ccc(-c2nc(-c3ccccc3)nc([Si](c3nc(-c4ccccc4)nc(-c4ccccc4)n3)(c3nc(-c4ccccc4)nc(-c4ccccc4)n3)c3nc(-c4ccccc4)nc(-c4ccccc4)n3)n2)cc1. The Morgan fingerprint density at radius 1 is 0.151 bits per heavy atom. The van der Waals surface area contributed by atoms with Gasteiger partial charge in [0.1, 0.15) is 21.8 Å². The van der Waals surface area contributed by atoms with E-state index < -0.39 is 8.07 Å². The summed E-state index contributed by atoms with van der Waals surface area (Å²) in [6.07, 6.45) is 0. The minimum atomic E-state index is -4.66. The van der Waals surface area contributed by atoms with Crippen molar-refractivity contribution in [2.75, 3.05) is 0 Å². The molecule has 0 aliphatic carbocycles. The van der Waals surface area contributed by atoms with Crippen molar-refractivity contribution >= 4 is 29.9 Å². The van der Waals surface area contributed by atoms with Gasteiger partial charge >= 0.3 is 8.07 Å². The fourth-order valence-corrected chi connectivity index (χ4v) is 11.9. The maximum absolute atomic E-state index is 5.58. The van der Waals surface area contributed by atoms with E-state index >= 15 is 0 Å². The van der Waals surface area contributed by atoms with Crippen LogP contribution in [0.3, 0.4) is 0 Å². The highest BCUT2D eigenvalue weighted by Gasteiger charge is 2.56. The summed E-state index contributed by atoms with van der Waals surface area (Å²) in [4.78, 5) is 65.5. The Bertz CT molecular complexity index is 3090. The number of hydrogen-bond donors (Lipinski definition) is 0. The molecule has 13 heteroatoms. The maximum Gasteiger partial charge on any atom is 0.354 e. The van der Waals surface area contributed by atoms with E-state index in [1.165, 1.54) is 0 Å². The quantitative estimate of drug-likeness (QED) is 0.107. The summed E-state index contributed by atoms with van der Waals surface area (Å²) in [5, 5.41) is 0.